The van der Waals surface area contributed by atoms with E-state index in [4.69, 9.17) is 10.2 Å². The van der Waals surface area contributed by atoms with Crippen LogP contribution in [-0.4, -0.2) is 28.0 Å². The van der Waals surface area contributed by atoms with Crippen LogP contribution in [0.3, 0.4) is 0 Å². The van der Waals surface area contributed by atoms with Crippen LogP contribution in [0.4, 0.5) is 0 Å². The summed E-state index contributed by atoms with van der Waals surface area (Å²) in [6.45, 7) is 3.82. The topological polar surface area (TPSA) is 57.5 Å². The van der Waals surface area contributed by atoms with Gasteiger partial charge in [0.2, 0.25) is 0 Å². The van der Waals surface area contributed by atoms with Crippen molar-refractivity contribution >= 4 is 17.7 Å². The van der Waals surface area contributed by atoms with Crippen molar-refractivity contribution in [3.63, 3.8) is 0 Å². The molecule has 0 aliphatic carbocycles. The Morgan fingerprint density at radius 1 is 1.53 bits per heavy atom. The number of carboxylic acids is 1. The smallest absolute Gasteiger partial charge is 0.336 e. The van der Waals surface area contributed by atoms with Gasteiger partial charge in [0.05, 0.1) is 12.2 Å². The molecular formula is C11H14O3S. The first-order valence-corrected chi connectivity index (χ1v) is 5.54. The van der Waals surface area contributed by atoms with E-state index < -0.39 is 5.97 Å². The van der Waals surface area contributed by atoms with Crippen LogP contribution in [0, 0.1) is 6.92 Å². The van der Waals surface area contributed by atoms with Crippen LogP contribution in [0.15, 0.2) is 23.1 Å². The Hall–Kier alpha value is -1.00. The third-order valence-corrected chi connectivity index (χ3v) is 3.10. The summed E-state index contributed by atoms with van der Waals surface area (Å²) in [5, 5.41) is 17.9. The first-order chi connectivity index (χ1) is 7.04. The summed E-state index contributed by atoms with van der Waals surface area (Å²) in [5.41, 5.74) is 1.32. The highest BCUT2D eigenvalue weighted by atomic mass is 32.2. The molecule has 1 unspecified atom stereocenters. The Labute approximate surface area is 93.1 Å². The normalized spacial score (nSPS) is 12.5. The number of carboxylic acid groups (broad SMARTS) is 1. The van der Waals surface area contributed by atoms with Crippen molar-refractivity contribution < 1.29 is 15.0 Å². The van der Waals surface area contributed by atoms with Gasteiger partial charge >= 0.3 is 5.97 Å². The zero-order chi connectivity index (χ0) is 11.4. The van der Waals surface area contributed by atoms with Crippen LogP contribution in [-0.2, 0) is 0 Å². The van der Waals surface area contributed by atoms with Crippen LogP contribution < -0.4 is 0 Å². The molecule has 1 atom stereocenters. The fraction of sp³-hybridized carbons (Fsp3) is 0.364. The van der Waals surface area contributed by atoms with Crippen molar-refractivity contribution in [2.24, 2.45) is 0 Å². The van der Waals surface area contributed by atoms with Crippen molar-refractivity contribution in [1.82, 2.24) is 0 Å². The van der Waals surface area contributed by atoms with Crippen molar-refractivity contribution in [3.05, 3.63) is 29.3 Å². The van der Waals surface area contributed by atoms with Crippen molar-refractivity contribution in [3.8, 4) is 0 Å². The molecule has 1 rings (SSSR count). The average molecular weight is 226 g/mol. The maximum atomic E-state index is 10.9. The third kappa shape index (κ3) is 3.25. The van der Waals surface area contributed by atoms with E-state index in [2.05, 4.69) is 0 Å². The zero-order valence-electron chi connectivity index (χ0n) is 8.73. The number of aliphatic hydroxyl groups is 1. The van der Waals surface area contributed by atoms with E-state index in [9.17, 15) is 4.79 Å². The Balaban J connectivity index is 3.02. The van der Waals surface area contributed by atoms with Crippen LogP contribution >= 0.6 is 11.8 Å². The predicted octanol–water partition coefficient (Wildman–Crippen LogP) is 2.17. The van der Waals surface area contributed by atoms with E-state index in [1.807, 2.05) is 19.9 Å². The molecule has 0 radical (unpaired) electrons. The molecule has 82 valence electrons. The molecule has 0 bridgehead atoms. The van der Waals surface area contributed by atoms with Gasteiger partial charge < -0.3 is 10.2 Å². The van der Waals surface area contributed by atoms with E-state index in [1.54, 1.807) is 12.1 Å². The Kier molecular flexibility index (Phi) is 4.17. The minimum absolute atomic E-state index is 0.00454. The summed E-state index contributed by atoms with van der Waals surface area (Å²) < 4.78 is 0. The first kappa shape index (κ1) is 12.1. The summed E-state index contributed by atoms with van der Waals surface area (Å²) in [6.07, 6.45) is 0. The molecule has 0 saturated carbocycles. The molecule has 4 heteroatoms. The molecule has 0 aromatic heterocycles. The quantitative estimate of drug-likeness (QED) is 0.772. The van der Waals surface area contributed by atoms with E-state index in [-0.39, 0.29) is 11.9 Å². The minimum atomic E-state index is -0.928. The number of aliphatic hydroxyl groups excluding tert-OH is 1. The van der Waals surface area contributed by atoms with Gasteiger partial charge in [-0.15, -0.1) is 11.8 Å². The van der Waals surface area contributed by atoms with Gasteiger partial charge in [0.25, 0.3) is 0 Å². The number of benzene rings is 1. The van der Waals surface area contributed by atoms with Gasteiger partial charge in [-0.3, -0.25) is 0 Å². The second-order valence-corrected chi connectivity index (χ2v) is 4.90. The van der Waals surface area contributed by atoms with Crippen LogP contribution in [0.1, 0.15) is 22.8 Å². The fourth-order valence-electron chi connectivity index (χ4n) is 1.16. The van der Waals surface area contributed by atoms with Crippen LogP contribution in [0.25, 0.3) is 0 Å². The summed E-state index contributed by atoms with van der Waals surface area (Å²) in [7, 11) is 0. The van der Waals surface area contributed by atoms with Gasteiger partial charge in [-0.2, -0.15) is 0 Å². The molecule has 0 fully saturated rings. The lowest BCUT2D eigenvalue weighted by Gasteiger charge is -2.10. The molecule has 1 aromatic carbocycles. The number of carbonyl (C=O) groups is 1. The Morgan fingerprint density at radius 3 is 2.73 bits per heavy atom. The van der Waals surface area contributed by atoms with E-state index >= 15 is 0 Å². The van der Waals surface area contributed by atoms with Crippen molar-refractivity contribution in [1.29, 1.82) is 0 Å². The maximum absolute atomic E-state index is 10.9. The van der Waals surface area contributed by atoms with Gasteiger partial charge in [0.15, 0.2) is 0 Å². The molecular weight excluding hydrogens is 212 g/mol. The molecule has 2 N–H and O–H groups in total. The van der Waals surface area contributed by atoms with Crippen LogP contribution in [0.5, 0.6) is 0 Å². The third-order valence-electron chi connectivity index (χ3n) is 1.95. The van der Waals surface area contributed by atoms with Gasteiger partial charge in [-0.25, -0.2) is 4.79 Å². The summed E-state index contributed by atoms with van der Waals surface area (Å²) in [4.78, 5) is 11.6. The Morgan fingerprint density at radius 2 is 2.20 bits per heavy atom. The van der Waals surface area contributed by atoms with Gasteiger partial charge in [-0.1, -0.05) is 13.0 Å². The second-order valence-electron chi connectivity index (χ2n) is 3.42. The minimum Gasteiger partial charge on any atom is -0.478 e. The lowest BCUT2D eigenvalue weighted by molar-refractivity contribution is 0.0693. The number of aryl methyl sites for hydroxylation is 1. The number of aromatic carboxylic acids is 1. The number of rotatable bonds is 4. The molecule has 1 aromatic rings. The highest BCUT2D eigenvalue weighted by molar-refractivity contribution is 8.00. The standard InChI is InChI=1S/C11H14O3S/c1-7-3-4-9(11(13)14)10(5-7)15-8(2)6-12/h3-5,8,12H,6H2,1-2H3,(H,13,14). The van der Waals surface area contributed by atoms with Gasteiger partial charge in [0, 0.05) is 10.1 Å². The number of hydrogen-bond acceptors (Lipinski definition) is 3. The molecule has 0 heterocycles. The van der Waals surface area contributed by atoms with E-state index in [0.29, 0.717) is 10.5 Å². The van der Waals surface area contributed by atoms with Gasteiger partial charge in [0.1, 0.15) is 0 Å². The Bertz CT molecular complexity index is 363. The average Bonchev–Trinajstić information content (AvgIpc) is 2.17. The molecule has 0 saturated heterocycles. The zero-order valence-corrected chi connectivity index (χ0v) is 9.54. The van der Waals surface area contributed by atoms with Gasteiger partial charge in [-0.05, 0) is 24.6 Å². The monoisotopic (exact) mass is 226 g/mol. The number of hydrogen-bond donors (Lipinski definition) is 2. The van der Waals surface area contributed by atoms with E-state index in [1.165, 1.54) is 11.8 Å². The molecule has 0 spiro atoms. The maximum Gasteiger partial charge on any atom is 0.336 e. The number of thioether (sulfide) groups is 1. The highest BCUT2D eigenvalue weighted by Crippen LogP contribution is 2.27. The predicted molar refractivity (Wildman–Crippen MR) is 60.5 cm³/mol. The van der Waals surface area contributed by atoms with Crippen molar-refractivity contribution in [2.75, 3.05) is 6.61 Å². The SMILES string of the molecule is Cc1ccc(C(=O)O)c(SC(C)CO)c1. The molecule has 0 aliphatic rings. The highest BCUT2D eigenvalue weighted by Gasteiger charge is 2.12. The van der Waals surface area contributed by atoms with Crippen LogP contribution in [0.2, 0.25) is 0 Å². The summed E-state index contributed by atoms with van der Waals surface area (Å²) >= 11 is 1.38. The molecule has 0 amide bonds. The molecule has 15 heavy (non-hydrogen) atoms. The first-order valence-electron chi connectivity index (χ1n) is 4.66. The lowest BCUT2D eigenvalue weighted by atomic mass is 10.1. The van der Waals surface area contributed by atoms with Crippen molar-refractivity contribution in [2.45, 2.75) is 24.0 Å². The summed E-state index contributed by atoms with van der Waals surface area (Å²) in [6, 6.07) is 5.21. The molecule has 0 aliphatic heterocycles. The largest absolute Gasteiger partial charge is 0.478 e. The lowest BCUT2D eigenvalue weighted by Crippen LogP contribution is -2.05. The van der Waals surface area contributed by atoms with E-state index in [0.717, 1.165) is 5.56 Å². The summed E-state index contributed by atoms with van der Waals surface area (Å²) in [5.74, 6) is -0.928. The molecule has 3 nitrogen and oxygen atoms in total. The fourth-order valence-corrected chi connectivity index (χ4v) is 2.20. The second kappa shape index (κ2) is 5.19.